The van der Waals surface area contributed by atoms with Crippen molar-refractivity contribution < 1.29 is 19.5 Å². The molecule has 0 atom stereocenters. The fourth-order valence-electron chi connectivity index (χ4n) is 4.53. The molecule has 1 aromatic heterocycles. The quantitative estimate of drug-likeness (QED) is 0.260. The molecule has 0 saturated carbocycles. The summed E-state index contributed by atoms with van der Waals surface area (Å²) in [4.78, 5) is 44.5. The van der Waals surface area contributed by atoms with Crippen LogP contribution in [0.4, 0.5) is 5.82 Å². The Morgan fingerprint density at radius 3 is 1.50 bits per heavy atom. The first-order valence-corrected chi connectivity index (χ1v) is 11.9. The zero-order valence-corrected chi connectivity index (χ0v) is 20.2. The van der Waals surface area contributed by atoms with E-state index in [1.807, 2.05) is 66.7 Å². The SMILES string of the molecule is Nc1ncc(C(=O)c2ccccc2-c2ccccc2)c(C(=O)c2ccccc2-c2ccccc2)c1C(=O)O. The molecule has 5 aromatic rings. The number of aromatic carboxylic acids is 1. The standard InChI is InChI=1S/C32H22N2O4/c33-31-28(32(37)38)27(30(36)25-18-10-8-16-23(25)21-13-5-2-6-14-21)26(19-34-31)29(35)24-17-9-7-15-22(24)20-11-3-1-4-12-20/h1-19H,(H2,33,34)(H,37,38). The predicted octanol–water partition coefficient (Wildman–Crippen LogP) is 6.16. The number of ketones is 2. The molecule has 0 aliphatic carbocycles. The average molecular weight is 499 g/mol. The molecule has 0 aliphatic heterocycles. The van der Waals surface area contributed by atoms with Crippen LogP contribution in [0, 0.1) is 0 Å². The molecule has 1 heterocycles. The fourth-order valence-corrected chi connectivity index (χ4v) is 4.53. The van der Waals surface area contributed by atoms with Gasteiger partial charge in [0, 0.05) is 17.3 Å². The Hall–Kier alpha value is -5.36. The predicted molar refractivity (Wildman–Crippen MR) is 146 cm³/mol. The van der Waals surface area contributed by atoms with Crippen molar-refractivity contribution in [3.05, 3.63) is 143 Å². The van der Waals surface area contributed by atoms with Gasteiger partial charge in [0.15, 0.2) is 11.6 Å². The average Bonchev–Trinajstić information content (AvgIpc) is 2.97. The van der Waals surface area contributed by atoms with Gasteiger partial charge in [-0.1, -0.05) is 109 Å². The van der Waals surface area contributed by atoms with Gasteiger partial charge in [-0.2, -0.15) is 0 Å². The largest absolute Gasteiger partial charge is 0.478 e. The third kappa shape index (κ3) is 4.47. The van der Waals surface area contributed by atoms with Gasteiger partial charge in [0.1, 0.15) is 11.4 Å². The molecule has 0 spiro atoms. The smallest absolute Gasteiger partial charge is 0.340 e. The van der Waals surface area contributed by atoms with Crippen LogP contribution in [0.2, 0.25) is 0 Å². The Bertz CT molecular complexity index is 1680. The Kier molecular flexibility index (Phi) is 6.61. The summed E-state index contributed by atoms with van der Waals surface area (Å²) >= 11 is 0. The third-order valence-electron chi connectivity index (χ3n) is 6.31. The number of carboxylic acid groups (broad SMARTS) is 1. The lowest BCUT2D eigenvalue weighted by Crippen LogP contribution is -2.20. The number of aromatic nitrogens is 1. The summed E-state index contributed by atoms with van der Waals surface area (Å²) in [5.74, 6) is -2.94. The molecule has 0 unspecified atom stereocenters. The van der Waals surface area contributed by atoms with Crippen LogP contribution >= 0.6 is 0 Å². The minimum atomic E-state index is -1.44. The van der Waals surface area contributed by atoms with Crippen molar-refractivity contribution in [1.82, 2.24) is 4.98 Å². The monoisotopic (exact) mass is 498 g/mol. The van der Waals surface area contributed by atoms with Gasteiger partial charge in [0.05, 0.1) is 11.1 Å². The van der Waals surface area contributed by atoms with Crippen LogP contribution in [0.5, 0.6) is 0 Å². The maximum atomic E-state index is 14.1. The third-order valence-corrected chi connectivity index (χ3v) is 6.31. The van der Waals surface area contributed by atoms with E-state index in [-0.39, 0.29) is 22.5 Å². The van der Waals surface area contributed by atoms with Crippen molar-refractivity contribution >= 4 is 23.4 Å². The van der Waals surface area contributed by atoms with E-state index >= 15 is 0 Å². The maximum Gasteiger partial charge on any atom is 0.340 e. The van der Waals surface area contributed by atoms with Crippen LogP contribution in [-0.4, -0.2) is 27.6 Å². The number of hydrogen-bond acceptors (Lipinski definition) is 5. The van der Waals surface area contributed by atoms with E-state index in [4.69, 9.17) is 5.73 Å². The lowest BCUT2D eigenvalue weighted by atomic mass is 9.86. The van der Waals surface area contributed by atoms with E-state index in [1.54, 1.807) is 42.5 Å². The fraction of sp³-hybridized carbons (Fsp3) is 0. The number of rotatable bonds is 7. The van der Waals surface area contributed by atoms with Crippen LogP contribution < -0.4 is 5.73 Å². The number of carbonyl (C=O) groups is 3. The first-order chi connectivity index (χ1) is 18.5. The highest BCUT2D eigenvalue weighted by Crippen LogP contribution is 2.32. The number of nitrogen functional groups attached to an aromatic ring is 1. The molecule has 5 rings (SSSR count). The molecule has 6 nitrogen and oxygen atoms in total. The zero-order chi connectivity index (χ0) is 26.6. The normalized spacial score (nSPS) is 10.6. The van der Waals surface area contributed by atoms with Crippen molar-refractivity contribution in [3.63, 3.8) is 0 Å². The van der Waals surface area contributed by atoms with Gasteiger partial charge in [-0.25, -0.2) is 9.78 Å². The van der Waals surface area contributed by atoms with E-state index in [0.717, 1.165) is 11.1 Å². The molecule has 184 valence electrons. The molecule has 3 N–H and O–H groups in total. The lowest BCUT2D eigenvalue weighted by molar-refractivity contribution is 0.0693. The second-order valence-electron chi connectivity index (χ2n) is 8.59. The molecule has 38 heavy (non-hydrogen) atoms. The van der Waals surface area contributed by atoms with Crippen LogP contribution in [0.15, 0.2) is 115 Å². The molecule has 0 radical (unpaired) electrons. The van der Waals surface area contributed by atoms with Gasteiger partial charge in [-0.05, 0) is 22.3 Å². The van der Waals surface area contributed by atoms with Crippen molar-refractivity contribution in [2.75, 3.05) is 5.73 Å². The van der Waals surface area contributed by atoms with E-state index in [9.17, 15) is 19.5 Å². The van der Waals surface area contributed by atoms with Crippen molar-refractivity contribution in [1.29, 1.82) is 0 Å². The lowest BCUT2D eigenvalue weighted by Gasteiger charge is -2.16. The van der Waals surface area contributed by atoms with Gasteiger partial charge in [-0.15, -0.1) is 0 Å². The summed E-state index contributed by atoms with van der Waals surface area (Å²) in [5, 5.41) is 10.1. The maximum absolute atomic E-state index is 14.1. The van der Waals surface area contributed by atoms with Gasteiger partial charge in [-0.3, -0.25) is 9.59 Å². The molecule has 0 saturated heterocycles. The van der Waals surface area contributed by atoms with E-state index in [2.05, 4.69) is 4.98 Å². The van der Waals surface area contributed by atoms with E-state index in [0.29, 0.717) is 16.7 Å². The van der Waals surface area contributed by atoms with Gasteiger partial charge < -0.3 is 10.8 Å². The molecule has 0 bridgehead atoms. The van der Waals surface area contributed by atoms with E-state index < -0.39 is 23.1 Å². The second-order valence-corrected chi connectivity index (χ2v) is 8.59. The first kappa shape index (κ1) is 24.3. The number of carboxylic acids is 1. The number of nitrogens with zero attached hydrogens (tertiary/aromatic N) is 1. The summed E-state index contributed by atoms with van der Waals surface area (Å²) in [6, 6.07) is 32.5. The molecule has 6 heteroatoms. The summed E-state index contributed by atoms with van der Waals surface area (Å²) in [6.45, 7) is 0. The summed E-state index contributed by atoms with van der Waals surface area (Å²) < 4.78 is 0. The minimum absolute atomic E-state index is 0.132. The highest BCUT2D eigenvalue weighted by molar-refractivity contribution is 6.25. The van der Waals surface area contributed by atoms with Crippen LogP contribution in [0.1, 0.15) is 42.2 Å². The van der Waals surface area contributed by atoms with E-state index in [1.165, 1.54) is 6.20 Å². The molecular weight excluding hydrogens is 476 g/mol. The Balaban J connectivity index is 1.73. The highest BCUT2D eigenvalue weighted by Gasteiger charge is 2.30. The van der Waals surface area contributed by atoms with Crippen molar-refractivity contribution in [3.8, 4) is 22.3 Å². The molecular formula is C32H22N2O4. The Labute approximate surface area is 219 Å². The number of anilines is 1. The Morgan fingerprint density at radius 2 is 1.00 bits per heavy atom. The number of hydrogen-bond donors (Lipinski definition) is 2. The number of pyridine rings is 1. The van der Waals surface area contributed by atoms with Crippen molar-refractivity contribution in [2.24, 2.45) is 0 Å². The zero-order valence-electron chi connectivity index (χ0n) is 20.2. The van der Waals surface area contributed by atoms with Gasteiger partial charge in [0.25, 0.3) is 0 Å². The minimum Gasteiger partial charge on any atom is -0.478 e. The molecule has 0 amide bonds. The summed E-state index contributed by atoms with van der Waals surface area (Å²) in [7, 11) is 0. The summed E-state index contributed by atoms with van der Waals surface area (Å²) in [6.07, 6.45) is 1.18. The summed E-state index contributed by atoms with van der Waals surface area (Å²) in [5.41, 5.74) is 8.43. The van der Waals surface area contributed by atoms with Crippen molar-refractivity contribution in [2.45, 2.75) is 0 Å². The van der Waals surface area contributed by atoms with Crippen LogP contribution in [0.25, 0.3) is 22.3 Å². The number of nitrogens with two attached hydrogens (primary N) is 1. The van der Waals surface area contributed by atoms with Crippen LogP contribution in [0.3, 0.4) is 0 Å². The highest BCUT2D eigenvalue weighted by atomic mass is 16.4. The molecule has 4 aromatic carbocycles. The Morgan fingerprint density at radius 1 is 0.553 bits per heavy atom. The molecule has 0 fully saturated rings. The number of benzene rings is 4. The van der Waals surface area contributed by atoms with Crippen LogP contribution in [-0.2, 0) is 0 Å². The van der Waals surface area contributed by atoms with Gasteiger partial charge >= 0.3 is 5.97 Å². The first-order valence-electron chi connectivity index (χ1n) is 11.9. The number of carbonyl (C=O) groups excluding carboxylic acids is 2. The topological polar surface area (TPSA) is 110 Å². The molecule has 0 aliphatic rings. The van der Waals surface area contributed by atoms with Gasteiger partial charge in [0.2, 0.25) is 0 Å². The second kappa shape index (κ2) is 10.3.